The average molecular weight is 632 g/mol. The second-order valence-corrected chi connectivity index (χ2v) is 13.1. The van der Waals surface area contributed by atoms with Gasteiger partial charge in [-0.3, -0.25) is 0 Å². The molecule has 1 aromatic heterocycles. The molecular formula is C47H37NO. The van der Waals surface area contributed by atoms with Gasteiger partial charge in [-0.15, -0.1) is 5.73 Å². The highest BCUT2D eigenvalue weighted by Gasteiger charge is 2.35. The van der Waals surface area contributed by atoms with Crippen LogP contribution in [0.4, 0.5) is 17.1 Å². The van der Waals surface area contributed by atoms with Gasteiger partial charge in [0, 0.05) is 22.2 Å². The van der Waals surface area contributed by atoms with Gasteiger partial charge in [0.05, 0.1) is 10.9 Å². The Morgan fingerprint density at radius 3 is 2.04 bits per heavy atom. The molecule has 236 valence electrons. The Balaban J connectivity index is 1.31. The molecule has 49 heavy (non-hydrogen) atoms. The summed E-state index contributed by atoms with van der Waals surface area (Å²) in [6.07, 6.45) is 5.96. The molecule has 6 aromatic carbocycles. The molecule has 0 radical (unpaired) electrons. The minimum absolute atomic E-state index is 0.0710. The molecule has 0 amide bonds. The number of furan rings is 1. The molecule has 1 aliphatic rings. The third-order valence-electron chi connectivity index (χ3n) is 9.83. The zero-order valence-electron chi connectivity index (χ0n) is 28.1. The number of hydrogen-bond donors (Lipinski definition) is 0. The van der Waals surface area contributed by atoms with E-state index in [0.717, 1.165) is 44.2 Å². The number of nitrogens with zero attached hydrogens (tertiary/aromatic N) is 1. The maximum atomic E-state index is 6.63. The van der Waals surface area contributed by atoms with Gasteiger partial charge in [-0.2, -0.15) is 0 Å². The first-order chi connectivity index (χ1) is 24.0. The van der Waals surface area contributed by atoms with Crippen molar-refractivity contribution in [2.24, 2.45) is 0 Å². The van der Waals surface area contributed by atoms with E-state index in [1.807, 2.05) is 25.2 Å². The fourth-order valence-electron chi connectivity index (χ4n) is 7.37. The fraction of sp³-hybridized carbons (Fsp3) is 0.0851. The predicted octanol–water partition coefficient (Wildman–Crippen LogP) is 11.5. The van der Waals surface area contributed by atoms with Gasteiger partial charge >= 0.3 is 0 Å². The molecule has 0 aliphatic heterocycles. The van der Waals surface area contributed by atoms with Crippen LogP contribution in [0.2, 0.25) is 0 Å². The molecule has 0 atom stereocenters. The summed E-state index contributed by atoms with van der Waals surface area (Å²) >= 11 is 0. The van der Waals surface area contributed by atoms with Crippen LogP contribution in [0.15, 0.2) is 163 Å². The number of anilines is 3. The van der Waals surface area contributed by atoms with Crippen molar-refractivity contribution in [3.63, 3.8) is 0 Å². The fourth-order valence-corrected chi connectivity index (χ4v) is 7.37. The lowest BCUT2D eigenvalue weighted by Gasteiger charge is -2.27. The van der Waals surface area contributed by atoms with E-state index in [4.69, 9.17) is 4.42 Å². The SMILES string of the molecule is C=C=c1/c(=C\C=C/C)oc2c(N(c3ccc(-c4cccc(-c5ccccc5)c4)cc3)c3ccc4c(c3)-c3ccccc3C4(C)C)cccc12. The first-order valence-electron chi connectivity index (χ1n) is 16.8. The molecule has 0 saturated carbocycles. The molecule has 7 aromatic rings. The van der Waals surface area contributed by atoms with E-state index >= 15 is 0 Å². The third kappa shape index (κ3) is 5.15. The van der Waals surface area contributed by atoms with Gasteiger partial charge in [0.25, 0.3) is 0 Å². The lowest BCUT2D eigenvalue weighted by molar-refractivity contribution is 0.576. The second-order valence-electron chi connectivity index (χ2n) is 13.1. The lowest BCUT2D eigenvalue weighted by atomic mass is 9.82. The van der Waals surface area contributed by atoms with Gasteiger partial charge in [0.1, 0.15) is 5.42 Å². The van der Waals surface area contributed by atoms with Gasteiger partial charge in [-0.05, 0) is 100.0 Å². The standard InChI is InChI=1S/C47H37NO/c1-5-7-23-45-38(6-2)40-20-14-22-44(46(40)49-45)48(37-28-29-43-41(31-37)39-19-11-12-21-42(39)47(43,3)4)36-26-24-33(25-27-36)35-18-13-17-34(30-35)32-15-9-8-10-16-32/h5,7-31H,2H2,1,3-4H3/b7-5-,45-23+. The van der Waals surface area contributed by atoms with Gasteiger partial charge in [0.15, 0.2) is 5.58 Å². The molecule has 0 fully saturated rings. The zero-order chi connectivity index (χ0) is 33.5. The van der Waals surface area contributed by atoms with Crippen LogP contribution in [0, 0.1) is 0 Å². The summed E-state index contributed by atoms with van der Waals surface area (Å²) in [7, 11) is 0. The monoisotopic (exact) mass is 631 g/mol. The molecule has 0 saturated heterocycles. The quantitative estimate of drug-likeness (QED) is 0.182. The largest absolute Gasteiger partial charge is 0.453 e. The average Bonchev–Trinajstić information content (AvgIpc) is 3.63. The molecule has 0 bridgehead atoms. The summed E-state index contributed by atoms with van der Waals surface area (Å²) in [5.41, 5.74) is 17.7. The normalized spacial score (nSPS) is 13.4. The van der Waals surface area contributed by atoms with E-state index in [-0.39, 0.29) is 5.41 Å². The van der Waals surface area contributed by atoms with Gasteiger partial charge in [0.2, 0.25) is 0 Å². The number of fused-ring (bicyclic) bond motifs is 4. The van der Waals surface area contributed by atoms with Crippen LogP contribution in [0.25, 0.3) is 56.2 Å². The van der Waals surface area contributed by atoms with E-state index in [1.165, 1.54) is 38.9 Å². The molecule has 0 spiro atoms. The van der Waals surface area contributed by atoms with Crippen LogP contribution >= 0.6 is 0 Å². The maximum absolute atomic E-state index is 6.63. The van der Waals surface area contributed by atoms with Crippen molar-refractivity contribution < 1.29 is 4.42 Å². The molecule has 1 aliphatic carbocycles. The summed E-state index contributed by atoms with van der Waals surface area (Å²) in [4.78, 5) is 2.32. The third-order valence-corrected chi connectivity index (χ3v) is 9.83. The van der Waals surface area contributed by atoms with Crippen LogP contribution in [-0.4, -0.2) is 0 Å². The molecule has 2 nitrogen and oxygen atoms in total. The number of rotatable bonds is 6. The Kier molecular flexibility index (Phi) is 7.52. The Morgan fingerprint density at radius 2 is 1.29 bits per heavy atom. The number of hydrogen-bond acceptors (Lipinski definition) is 2. The second kappa shape index (κ2) is 12.2. The Hall–Kier alpha value is -6.08. The summed E-state index contributed by atoms with van der Waals surface area (Å²) in [5.74, 6) is 0. The molecule has 0 N–H and O–H groups in total. The van der Waals surface area contributed by atoms with Crippen molar-refractivity contribution in [1.82, 2.24) is 0 Å². The van der Waals surface area contributed by atoms with Crippen molar-refractivity contribution >= 4 is 39.8 Å². The first-order valence-corrected chi connectivity index (χ1v) is 16.8. The van der Waals surface area contributed by atoms with E-state index in [2.05, 4.69) is 171 Å². The van der Waals surface area contributed by atoms with Crippen molar-refractivity contribution in [3.05, 3.63) is 180 Å². The molecule has 2 heteroatoms. The zero-order valence-corrected chi connectivity index (χ0v) is 28.1. The van der Waals surface area contributed by atoms with Gasteiger partial charge in [-0.1, -0.05) is 130 Å². The van der Waals surface area contributed by atoms with Crippen LogP contribution in [0.3, 0.4) is 0 Å². The molecule has 8 rings (SSSR count). The highest BCUT2D eigenvalue weighted by atomic mass is 16.3. The van der Waals surface area contributed by atoms with E-state index < -0.39 is 0 Å². The summed E-state index contributed by atoms with van der Waals surface area (Å²) < 4.78 is 6.63. The highest BCUT2D eigenvalue weighted by molar-refractivity contribution is 5.97. The van der Waals surface area contributed by atoms with Gasteiger partial charge < -0.3 is 9.32 Å². The van der Waals surface area contributed by atoms with Crippen LogP contribution in [0.1, 0.15) is 31.9 Å². The van der Waals surface area contributed by atoms with Crippen molar-refractivity contribution in [3.8, 4) is 33.4 Å². The smallest absolute Gasteiger partial charge is 0.160 e. The van der Waals surface area contributed by atoms with Crippen LogP contribution < -0.4 is 15.5 Å². The highest BCUT2D eigenvalue weighted by Crippen LogP contribution is 2.51. The van der Waals surface area contributed by atoms with E-state index in [0.29, 0.717) is 0 Å². The van der Waals surface area contributed by atoms with Crippen LogP contribution in [0.5, 0.6) is 0 Å². The predicted molar refractivity (Wildman–Crippen MR) is 207 cm³/mol. The minimum Gasteiger partial charge on any atom is -0.453 e. The van der Waals surface area contributed by atoms with Crippen LogP contribution in [-0.2, 0) is 5.41 Å². The number of para-hydroxylation sites is 1. The summed E-state index contributed by atoms with van der Waals surface area (Å²) in [6, 6.07) is 50.2. The van der Waals surface area contributed by atoms with Crippen molar-refractivity contribution in [2.45, 2.75) is 26.2 Å². The lowest BCUT2D eigenvalue weighted by Crippen LogP contribution is -2.17. The first kappa shape index (κ1) is 30.3. The van der Waals surface area contributed by atoms with E-state index in [1.54, 1.807) is 0 Å². The number of benzene rings is 6. The molecule has 1 heterocycles. The number of allylic oxidation sites excluding steroid dienone is 2. The summed E-state index contributed by atoms with van der Waals surface area (Å²) in [5, 5.41) is 1.85. The van der Waals surface area contributed by atoms with Crippen molar-refractivity contribution in [1.29, 1.82) is 0 Å². The Labute approximate surface area is 287 Å². The maximum Gasteiger partial charge on any atom is 0.160 e. The summed E-state index contributed by atoms with van der Waals surface area (Å²) in [6.45, 7) is 10.6. The molecular weight excluding hydrogens is 595 g/mol. The Bertz CT molecular complexity index is 2530. The minimum atomic E-state index is -0.0710. The molecule has 0 unspecified atom stereocenters. The van der Waals surface area contributed by atoms with Gasteiger partial charge in [-0.25, -0.2) is 0 Å². The topological polar surface area (TPSA) is 16.4 Å². The van der Waals surface area contributed by atoms with Crippen molar-refractivity contribution in [2.75, 3.05) is 4.90 Å². The van der Waals surface area contributed by atoms with E-state index in [9.17, 15) is 0 Å². The Morgan fingerprint density at radius 1 is 0.633 bits per heavy atom.